The van der Waals surface area contributed by atoms with Crippen LogP contribution in [0.1, 0.15) is 40.8 Å². The van der Waals surface area contributed by atoms with E-state index in [0.717, 1.165) is 33.5 Å². The molecule has 1 heterocycles. The summed E-state index contributed by atoms with van der Waals surface area (Å²) in [6.45, 7) is 9.47. The molecule has 5 nitrogen and oxygen atoms in total. The molecule has 0 amide bonds. The number of sulfonamides is 1. The van der Waals surface area contributed by atoms with Gasteiger partial charge in [0.25, 0.3) is 0 Å². The minimum atomic E-state index is -3.63. The lowest BCUT2D eigenvalue weighted by Crippen LogP contribution is -2.28. The molecule has 1 N–H and O–H groups in total. The predicted molar refractivity (Wildman–Crippen MR) is 108 cm³/mol. The van der Waals surface area contributed by atoms with E-state index in [9.17, 15) is 8.42 Å². The smallest absolute Gasteiger partial charge is 0.241 e. The van der Waals surface area contributed by atoms with Crippen molar-refractivity contribution >= 4 is 10.0 Å². The number of imidazole rings is 1. The Hall–Kier alpha value is -2.44. The molecule has 0 aliphatic rings. The molecule has 0 aliphatic carbocycles. The molecular weight excluding hydrogens is 358 g/mol. The largest absolute Gasteiger partial charge is 0.306 e. The van der Waals surface area contributed by atoms with Crippen LogP contribution in [0.5, 0.6) is 0 Å². The van der Waals surface area contributed by atoms with Crippen LogP contribution >= 0.6 is 0 Å². The fourth-order valence-electron chi connectivity index (χ4n) is 3.29. The summed E-state index contributed by atoms with van der Waals surface area (Å²) in [5.74, 6) is 0. The van der Waals surface area contributed by atoms with E-state index in [2.05, 4.69) is 9.71 Å². The van der Waals surface area contributed by atoms with E-state index >= 15 is 0 Å². The Morgan fingerprint density at radius 3 is 2.11 bits per heavy atom. The first-order valence-electron chi connectivity index (χ1n) is 8.88. The zero-order valence-corrected chi connectivity index (χ0v) is 17.1. The highest BCUT2D eigenvalue weighted by Crippen LogP contribution is 2.27. The SMILES string of the molecule is Cc1cc(C)c(C)c(S(=O)(=O)N[C@H](C)c2ccc(-n3ccnc3)cc2)c1C. The van der Waals surface area contributed by atoms with Crippen molar-refractivity contribution in [3.8, 4) is 5.69 Å². The van der Waals surface area contributed by atoms with Gasteiger partial charge in [0.2, 0.25) is 10.0 Å². The molecule has 0 unspecified atom stereocenters. The summed E-state index contributed by atoms with van der Waals surface area (Å²) in [6, 6.07) is 9.46. The number of hydrogen-bond acceptors (Lipinski definition) is 3. The fraction of sp³-hybridized carbons (Fsp3) is 0.286. The summed E-state index contributed by atoms with van der Waals surface area (Å²) in [5.41, 5.74) is 5.45. The number of nitrogens with one attached hydrogen (secondary N) is 1. The van der Waals surface area contributed by atoms with E-state index < -0.39 is 10.0 Å². The summed E-state index contributed by atoms with van der Waals surface area (Å²) >= 11 is 0. The van der Waals surface area contributed by atoms with Gasteiger partial charge >= 0.3 is 0 Å². The highest BCUT2D eigenvalue weighted by Gasteiger charge is 2.24. The molecule has 0 radical (unpaired) electrons. The van der Waals surface area contributed by atoms with Gasteiger partial charge in [-0.25, -0.2) is 18.1 Å². The van der Waals surface area contributed by atoms with Gasteiger partial charge in [0.15, 0.2) is 0 Å². The van der Waals surface area contributed by atoms with Crippen LogP contribution in [0.2, 0.25) is 0 Å². The summed E-state index contributed by atoms with van der Waals surface area (Å²) in [4.78, 5) is 4.43. The second kappa shape index (κ2) is 7.29. The first-order chi connectivity index (χ1) is 12.7. The van der Waals surface area contributed by atoms with Crippen LogP contribution in [0.15, 0.2) is 53.9 Å². The molecule has 1 aromatic heterocycles. The van der Waals surface area contributed by atoms with Crippen molar-refractivity contribution in [2.75, 3.05) is 0 Å². The molecule has 0 saturated heterocycles. The molecule has 0 bridgehead atoms. The van der Waals surface area contributed by atoms with Gasteiger partial charge in [0.05, 0.1) is 11.2 Å². The number of benzene rings is 2. The zero-order valence-electron chi connectivity index (χ0n) is 16.3. The standard InChI is InChI=1S/C21H25N3O2S/c1-14-12-15(2)17(4)21(16(14)3)27(25,26)23-18(5)19-6-8-20(9-7-19)24-11-10-22-13-24/h6-13,18,23H,1-5H3/t18-/m1/s1. The third-order valence-electron chi connectivity index (χ3n) is 5.09. The maximum absolute atomic E-state index is 13.1. The Morgan fingerprint density at radius 2 is 1.59 bits per heavy atom. The van der Waals surface area contributed by atoms with Crippen LogP contribution in [-0.2, 0) is 10.0 Å². The van der Waals surface area contributed by atoms with Gasteiger partial charge in [-0.1, -0.05) is 18.2 Å². The van der Waals surface area contributed by atoms with Crippen LogP contribution in [0.25, 0.3) is 5.69 Å². The minimum absolute atomic E-state index is 0.341. The Bertz CT molecular complexity index is 1030. The molecular formula is C21H25N3O2S. The Balaban J connectivity index is 1.88. The number of aromatic nitrogens is 2. The lowest BCUT2D eigenvalue weighted by molar-refractivity contribution is 0.565. The predicted octanol–water partition coefficient (Wildman–Crippen LogP) is 4.15. The van der Waals surface area contributed by atoms with E-state index in [0.29, 0.717) is 4.90 Å². The summed E-state index contributed by atoms with van der Waals surface area (Å²) in [6.07, 6.45) is 5.32. The third-order valence-corrected chi connectivity index (χ3v) is 6.91. The number of aryl methyl sites for hydroxylation is 2. The van der Waals surface area contributed by atoms with Crippen molar-refractivity contribution in [3.63, 3.8) is 0 Å². The van der Waals surface area contributed by atoms with Crippen molar-refractivity contribution in [2.24, 2.45) is 0 Å². The van der Waals surface area contributed by atoms with Crippen molar-refractivity contribution < 1.29 is 8.42 Å². The highest BCUT2D eigenvalue weighted by atomic mass is 32.2. The van der Waals surface area contributed by atoms with E-state index in [1.807, 2.05) is 75.7 Å². The average Bonchev–Trinajstić information content (AvgIpc) is 3.14. The van der Waals surface area contributed by atoms with Crippen LogP contribution in [0, 0.1) is 27.7 Å². The molecule has 3 rings (SSSR count). The monoisotopic (exact) mass is 383 g/mol. The van der Waals surface area contributed by atoms with Crippen molar-refractivity contribution in [3.05, 3.63) is 76.9 Å². The normalized spacial score (nSPS) is 12.9. The van der Waals surface area contributed by atoms with Crippen LogP contribution < -0.4 is 4.72 Å². The van der Waals surface area contributed by atoms with E-state index in [-0.39, 0.29) is 6.04 Å². The first-order valence-corrected chi connectivity index (χ1v) is 10.4. The van der Waals surface area contributed by atoms with Crippen molar-refractivity contribution in [2.45, 2.75) is 45.6 Å². The van der Waals surface area contributed by atoms with Gasteiger partial charge in [-0.3, -0.25) is 0 Å². The van der Waals surface area contributed by atoms with Gasteiger partial charge in [0, 0.05) is 24.1 Å². The summed E-state index contributed by atoms with van der Waals surface area (Å²) in [5, 5.41) is 0. The lowest BCUT2D eigenvalue weighted by Gasteiger charge is -2.20. The molecule has 6 heteroatoms. The second-order valence-corrected chi connectivity index (χ2v) is 8.64. The number of nitrogens with zero attached hydrogens (tertiary/aromatic N) is 2. The van der Waals surface area contributed by atoms with Gasteiger partial charge in [0.1, 0.15) is 0 Å². The highest BCUT2D eigenvalue weighted by molar-refractivity contribution is 7.89. The minimum Gasteiger partial charge on any atom is -0.306 e. The Labute approximate surface area is 161 Å². The van der Waals surface area contributed by atoms with E-state index in [1.54, 1.807) is 12.5 Å². The molecule has 0 spiro atoms. The van der Waals surface area contributed by atoms with Gasteiger partial charge in [-0.05, 0) is 74.6 Å². The van der Waals surface area contributed by atoms with Crippen molar-refractivity contribution in [1.82, 2.24) is 14.3 Å². The molecule has 0 fully saturated rings. The Kier molecular flexibility index (Phi) is 5.22. The summed E-state index contributed by atoms with van der Waals surface area (Å²) < 4.78 is 30.9. The van der Waals surface area contributed by atoms with Crippen LogP contribution in [0.4, 0.5) is 0 Å². The maximum Gasteiger partial charge on any atom is 0.241 e. The molecule has 2 aromatic carbocycles. The van der Waals surface area contributed by atoms with Crippen LogP contribution in [-0.4, -0.2) is 18.0 Å². The summed E-state index contributed by atoms with van der Waals surface area (Å²) in [7, 11) is -3.63. The Morgan fingerprint density at radius 1 is 1.00 bits per heavy atom. The van der Waals surface area contributed by atoms with Crippen LogP contribution in [0.3, 0.4) is 0 Å². The zero-order chi connectivity index (χ0) is 19.8. The van der Waals surface area contributed by atoms with E-state index in [4.69, 9.17) is 0 Å². The second-order valence-electron chi connectivity index (χ2n) is 6.99. The number of hydrogen-bond donors (Lipinski definition) is 1. The third kappa shape index (κ3) is 3.82. The van der Waals surface area contributed by atoms with Gasteiger partial charge < -0.3 is 4.57 Å². The quantitative estimate of drug-likeness (QED) is 0.720. The van der Waals surface area contributed by atoms with Gasteiger partial charge in [-0.15, -0.1) is 0 Å². The average molecular weight is 384 g/mol. The molecule has 0 saturated carbocycles. The molecule has 3 aromatic rings. The maximum atomic E-state index is 13.1. The molecule has 1 atom stereocenters. The fourth-order valence-corrected chi connectivity index (χ4v) is 5.14. The molecule has 0 aliphatic heterocycles. The van der Waals surface area contributed by atoms with Gasteiger partial charge in [-0.2, -0.15) is 0 Å². The molecule has 27 heavy (non-hydrogen) atoms. The van der Waals surface area contributed by atoms with Crippen molar-refractivity contribution in [1.29, 1.82) is 0 Å². The molecule has 142 valence electrons. The first kappa shape index (κ1) is 19.3. The number of rotatable bonds is 5. The lowest BCUT2D eigenvalue weighted by atomic mass is 10.0. The van der Waals surface area contributed by atoms with E-state index in [1.165, 1.54) is 0 Å². The topological polar surface area (TPSA) is 64.0 Å².